The Morgan fingerprint density at radius 2 is 2.21 bits per heavy atom. The molecule has 4 atom stereocenters. The van der Waals surface area contributed by atoms with Gasteiger partial charge in [0.2, 0.25) is 0 Å². The molecule has 108 valence electrons. The number of hydrogen-bond donors (Lipinski definition) is 1. The van der Waals surface area contributed by atoms with Crippen molar-refractivity contribution in [3.8, 4) is 0 Å². The van der Waals surface area contributed by atoms with Gasteiger partial charge in [0.05, 0.1) is 6.10 Å². The van der Waals surface area contributed by atoms with Crippen molar-refractivity contribution in [2.45, 2.75) is 52.2 Å². The van der Waals surface area contributed by atoms with E-state index in [0.29, 0.717) is 12.8 Å². The standard InChI is InChI=1S/C16H26O3/c1-11(2)8-14(17)9-12(3)13-6-7-16(4,19-5)15(18)10-13/h6-8,12-13,15,18H,9-10H2,1-5H3/t12-,13+,15-,16-/m0/s1. The first-order chi connectivity index (χ1) is 8.78. The minimum absolute atomic E-state index is 0.162. The molecule has 0 amide bonds. The second kappa shape index (κ2) is 6.49. The molecule has 0 heterocycles. The van der Waals surface area contributed by atoms with Gasteiger partial charge in [0.25, 0.3) is 0 Å². The van der Waals surface area contributed by atoms with E-state index in [-0.39, 0.29) is 17.6 Å². The molecule has 0 aromatic rings. The Balaban J connectivity index is 2.66. The molecular weight excluding hydrogens is 240 g/mol. The van der Waals surface area contributed by atoms with E-state index < -0.39 is 11.7 Å². The number of carbonyl (C=O) groups excluding carboxylic acids is 1. The predicted octanol–water partition coefficient (Wildman–Crippen LogP) is 2.89. The molecule has 3 heteroatoms. The molecule has 0 spiro atoms. The third-order valence-corrected chi connectivity index (χ3v) is 3.97. The van der Waals surface area contributed by atoms with E-state index in [2.05, 4.69) is 13.0 Å². The summed E-state index contributed by atoms with van der Waals surface area (Å²) >= 11 is 0. The summed E-state index contributed by atoms with van der Waals surface area (Å²) in [7, 11) is 1.61. The number of allylic oxidation sites excluding steroid dienone is 3. The number of aliphatic hydroxyl groups excluding tert-OH is 1. The smallest absolute Gasteiger partial charge is 0.155 e. The van der Waals surface area contributed by atoms with Gasteiger partial charge in [-0.25, -0.2) is 0 Å². The molecule has 1 aliphatic rings. The summed E-state index contributed by atoms with van der Waals surface area (Å²) in [6.45, 7) is 7.80. The molecule has 1 rings (SSSR count). The molecule has 0 unspecified atom stereocenters. The van der Waals surface area contributed by atoms with Crippen LogP contribution in [0.3, 0.4) is 0 Å². The first kappa shape index (κ1) is 16.1. The zero-order valence-electron chi connectivity index (χ0n) is 12.6. The number of methoxy groups -OCH3 is 1. The van der Waals surface area contributed by atoms with E-state index >= 15 is 0 Å². The van der Waals surface area contributed by atoms with E-state index in [1.165, 1.54) is 0 Å². The van der Waals surface area contributed by atoms with Crippen molar-refractivity contribution in [1.29, 1.82) is 0 Å². The topological polar surface area (TPSA) is 46.5 Å². The van der Waals surface area contributed by atoms with E-state index in [4.69, 9.17) is 4.74 Å². The SMILES string of the molecule is CO[C@@]1(C)C=C[C@@H]([C@@H](C)CC(=O)C=C(C)C)C[C@@H]1O. The molecule has 0 aliphatic heterocycles. The zero-order chi connectivity index (χ0) is 14.6. The molecule has 0 radical (unpaired) electrons. The van der Waals surface area contributed by atoms with Gasteiger partial charge in [-0.2, -0.15) is 0 Å². The van der Waals surface area contributed by atoms with Crippen molar-refractivity contribution in [1.82, 2.24) is 0 Å². The average molecular weight is 266 g/mol. The minimum Gasteiger partial charge on any atom is -0.390 e. The van der Waals surface area contributed by atoms with E-state index in [1.807, 2.05) is 26.8 Å². The first-order valence-electron chi connectivity index (χ1n) is 6.89. The Kier molecular flexibility index (Phi) is 5.50. The Morgan fingerprint density at radius 1 is 1.58 bits per heavy atom. The maximum absolute atomic E-state index is 11.8. The van der Waals surface area contributed by atoms with Gasteiger partial charge in [-0.05, 0) is 45.1 Å². The fourth-order valence-corrected chi connectivity index (χ4v) is 2.47. The van der Waals surface area contributed by atoms with Crippen LogP contribution in [0.15, 0.2) is 23.8 Å². The van der Waals surface area contributed by atoms with Gasteiger partial charge in [0, 0.05) is 13.5 Å². The highest BCUT2D eigenvalue weighted by atomic mass is 16.5. The van der Waals surface area contributed by atoms with Crippen LogP contribution in [0.5, 0.6) is 0 Å². The average Bonchev–Trinajstić information content (AvgIpc) is 2.31. The van der Waals surface area contributed by atoms with Crippen LogP contribution in [0.1, 0.15) is 40.5 Å². The van der Waals surface area contributed by atoms with E-state index in [1.54, 1.807) is 13.2 Å². The number of ketones is 1. The van der Waals surface area contributed by atoms with Crippen molar-refractivity contribution in [2.24, 2.45) is 11.8 Å². The number of rotatable bonds is 5. The zero-order valence-corrected chi connectivity index (χ0v) is 12.6. The molecule has 0 saturated heterocycles. The highest BCUT2D eigenvalue weighted by Gasteiger charge is 2.36. The van der Waals surface area contributed by atoms with Crippen LogP contribution in [0.25, 0.3) is 0 Å². The molecule has 0 saturated carbocycles. The number of carbonyl (C=O) groups is 1. The fourth-order valence-electron chi connectivity index (χ4n) is 2.47. The van der Waals surface area contributed by atoms with Crippen molar-refractivity contribution >= 4 is 5.78 Å². The minimum atomic E-state index is -0.597. The summed E-state index contributed by atoms with van der Waals surface area (Å²) in [5, 5.41) is 10.2. The maximum atomic E-state index is 11.8. The van der Waals surface area contributed by atoms with Crippen molar-refractivity contribution in [2.75, 3.05) is 7.11 Å². The van der Waals surface area contributed by atoms with Gasteiger partial charge in [0.1, 0.15) is 5.60 Å². The second-order valence-corrected chi connectivity index (χ2v) is 6.03. The highest BCUT2D eigenvalue weighted by Crippen LogP contribution is 2.33. The van der Waals surface area contributed by atoms with Gasteiger partial charge in [-0.15, -0.1) is 0 Å². The molecule has 3 nitrogen and oxygen atoms in total. The third-order valence-electron chi connectivity index (χ3n) is 3.97. The van der Waals surface area contributed by atoms with Crippen molar-refractivity contribution in [3.63, 3.8) is 0 Å². The molecule has 0 fully saturated rings. The van der Waals surface area contributed by atoms with Crippen LogP contribution < -0.4 is 0 Å². The van der Waals surface area contributed by atoms with Crippen LogP contribution in [-0.4, -0.2) is 29.7 Å². The fraction of sp³-hybridized carbons (Fsp3) is 0.688. The lowest BCUT2D eigenvalue weighted by atomic mass is 9.77. The van der Waals surface area contributed by atoms with Crippen molar-refractivity contribution in [3.05, 3.63) is 23.8 Å². The maximum Gasteiger partial charge on any atom is 0.155 e. The Bertz CT molecular complexity index is 379. The summed E-state index contributed by atoms with van der Waals surface area (Å²) in [5.74, 6) is 0.624. The van der Waals surface area contributed by atoms with Crippen LogP contribution in [0, 0.1) is 11.8 Å². The summed E-state index contributed by atoms with van der Waals surface area (Å²) in [6, 6.07) is 0. The summed E-state index contributed by atoms with van der Waals surface area (Å²) < 4.78 is 5.34. The molecule has 19 heavy (non-hydrogen) atoms. The van der Waals surface area contributed by atoms with Gasteiger partial charge in [-0.3, -0.25) is 4.79 Å². The largest absolute Gasteiger partial charge is 0.390 e. The predicted molar refractivity (Wildman–Crippen MR) is 76.9 cm³/mol. The molecule has 1 N–H and O–H groups in total. The van der Waals surface area contributed by atoms with E-state index in [9.17, 15) is 9.90 Å². The molecular formula is C16H26O3. The summed E-state index contributed by atoms with van der Waals surface area (Å²) in [5.41, 5.74) is 0.434. The molecule has 0 bridgehead atoms. The van der Waals surface area contributed by atoms with Gasteiger partial charge in [0.15, 0.2) is 5.78 Å². The third kappa shape index (κ3) is 4.29. The Morgan fingerprint density at radius 3 is 2.68 bits per heavy atom. The Labute approximate surface area is 116 Å². The number of aliphatic hydroxyl groups is 1. The van der Waals surface area contributed by atoms with Gasteiger partial charge in [-0.1, -0.05) is 24.6 Å². The van der Waals surface area contributed by atoms with Crippen LogP contribution in [-0.2, 0) is 9.53 Å². The highest BCUT2D eigenvalue weighted by molar-refractivity contribution is 5.90. The van der Waals surface area contributed by atoms with Crippen LogP contribution in [0.4, 0.5) is 0 Å². The summed E-state index contributed by atoms with van der Waals surface area (Å²) in [4.78, 5) is 11.8. The van der Waals surface area contributed by atoms with E-state index in [0.717, 1.165) is 5.57 Å². The van der Waals surface area contributed by atoms with Gasteiger partial charge >= 0.3 is 0 Å². The normalized spacial score (nSPS) is 31.9. The molecule has 0 aromatic carbocycles. The van der Waals surface area contributed by atoms with Gasteiger partial charge < -0.3 is 9.84 Å². The quantitative estimate of drug-likeness (QED) is 0.615. The monoisotopic (exact) mass is 266 g/mol. The molecule has 1 aliphatic carbocycles. The lowest BCUT2D eigenvalue weighted by Crippen LogP contribution is -2.43. The lowest BCUT2D eigenvalue weighted by molar-refractivity contribution is -0.116. The number of hydrogen-bond acceptors (Lipinski definition) is 3. The number of ether oxygens (including phenoxy) is 1. The van der Waals surface area contributed by atoms with Crippen molar-refractivity contribution < 1.29 is 14.6 Å². The van der Waals surface area contributed by atoms with Crippen LogP contribution >= 0.6 is 0 Å². The first-order valence-corrected chi connectivity index (χ1v) is 6.89. The van der Waals surface area contributed by atoms with Crippen LogP contribution in [0.2, 0.25) is 0 Å². The molecule has 0 aromatic heterocycles. The second-order valence-electron chi connectivity index (χ2n) is 6.03. The Hall–Kier alpha value is -0.930. The lowest BCUT2D eigenvalue weighted by Gasteiger charge is -2.37. The summed E-state index contributed by atoms with van der Waals surface area (Å²) in [6.07, 6.45) is 6.35.